The van der Waals surface area contributed by atoms with Crippen molar-refractivity contribution in [2.24, 2.45) is 5.10 Å². The molecular formula is C18H15BrN4OS. The second-order valence-corrected chi connectivity index (χ2v) is 7.28. The topological polar surface area (TPSA) is 52.3 Å². The lowest BCUT2D eigenvalue weighted by atomic mass is 10.1. The van der Waals surface area contributed by atoms with Crippen LogP contribution in [0.25, 0.3) is 11.4 Å². The Labute approximate surface area is 158 Å². The molecule has 0 fully saturated rings. The Hall–Kier alpha value is -2.12. The van der Waals surface area contributed by atoms with Crippen molar-refractivity contribution in [3.63, 3.8) is 0 Å². The van der Waals surface area contributed by atoms with Crippen molar-refractivity contribution in [1.29, 1.82) is 0 Å². The number of hydrogen-bond donors (Lipinski definition) is 0. The van der Waals surface area contributed by atoms with Crippen molar-refractivity contribution < 1.29 is 4.74 Å². The van der Waals surface area contributed by atoms with Gasteiger partial charge in [-0.3, -0.25) is 0 Å². The number of fused-ring (bicyclic) bond motifs is 1. The van der Waals surface area contributed by atoms with E-state index >= 15 is 0 Å². The van der Waals surface area contributed by atoms with Crippen LogP contribution in [0.2, 0.25) is 0 Å². The van der Waals surface area contributed by atoms with Gasteiger partial charge in [0.2, 0.25) is 5.16 Å². The Bertz CT molecular complexity index is 919. The highest BCUT2D eigenvalue weighted by Crippen LogP contribution is 2.29. The summed E-state index contributed by atoms with van der Waals surface area (Å²) in [6.45, 7) is 2.64. The van der Waals surface area contributed by atoms with Gasteiger partial charge in [0.15, 0.2) is 5.82 Å². The fraction of sp³-hybridized carbons (Fsp3) is 0.167. The molecule has 0 amide bonds. The second-order valence-electron chi connectivity index (χ2n) is 5.42. The molecule has 0 spiro atoms. The minimum absolute atomic E-state index is 0.663. The molecule has 1 aromatic heterocycles. The van der Waals surface area contributed by atoms with Crippen LogP contribution in [-0.2, 0) is 0 Å². The number of aromatic nitrogens is 3. The summed E-state index contributed by atoms with van der Waals surface area (Å²) < 4.78 is 8.36. The van der Waals surface area contributed by atoms with Crippen molar-refractivity contribution in [2.75, 3.05) is 12.4 Å². The van der Waals surface area contributed by atoms with Gasteiger partial charge < -0.3 is 4.74 Å². The summed E-state index contributed by atoms with van der Waals surface area (Å²) in [5.74, 6) is 2.39. The first-order chi connectivity index (χ1) is 12.2. The zero-order valence-electron chi connectivity index (χ0n) is 13.5. The fourth-order valence-corrected chi connectivity index (χ4v) is 3.66. The highest BCUT2D eigenvalue weighted by molar-refractivity contribution is 9.10. The molecule has 0 atom stereocenters. The average Bonchev–Trinajstić information content (AvgIpc) is 3.06. The number of halogens is 1. The molecule has 0 saturated carbocycles. The van der Waals surface area contributed by atoms with E-state index < -0.39 is 0 Å². The molecule has 4 rings (SSSR count). The zero-order valence-corrected chi connectivity index (χ0v) is 15.9. The maximum absolute atomic E-state index is 5.50. The molecule has 0 saturated heterocycles. The number of thioether (sulfide) groups is 1. The molecule has 126 valence electrons. The minimum Gasteiger partial charge on any atom is -0.494 e. The smallest absolute Gasteiger partial charge is 0.212 e. The summed E-state index contributed by atoms with van der Waals surface area (Å²) >= 11 is 5.10. The van der Waals surface area contributed by atoms with E-state index in [9.17, 15) is 0 Å². The van der Waals surface area contributed by atoms with Gasteiger partial charge in [0.1, 0.15) is 5.75 Å². The lowest BCUT2D eigenvalue weighted by molar-refractivity contribution is 0.340. The Morgan fingerprint density at radius 1 is 1.04 bits per heavy atom. The Balaban J connectivity index is 1.69. The molecule has 0 unspecified atom stereocenters. The van der Waals surface area contributed by atoms with E-state index in [2.05, 4.69) is 26.1 Å². The summed E-state index contributed by atoms with van der Waals surface area (Å²) in [6, 6.07) is 16.0. The summed E-state index contributed by atoms with van der Waals surface area (Å²) in [5, 5.41) is 14.2. The molecule has 7 heteroatoms. The quantitative estimate of drug-likeness (QED) is 0.631. The van der Waals surface area contributed by atoms with E-state index in [0.29, 0.717) is 6.61 Å². The number of hydrogen-bond acceptors (Lipinski definition) is 5. The van der Waals surface area contributed by atoms with Crippen LogP contribution in [-0.4, -0.2) is 32.9 Å². The summed E-state index contributed by atoms with van der Waals surface area (Å²) in [7, 11) is 0. The molecule has 25 heavy (non-hydrogen) atoms. The van der Waals surface area contributed by atoms with Crippen LogP contribution < -0.4 is 4.74 Å². The molecule has 0 N–H and O–H groups in total. The van der Waals surface area contributed by atoms with Gasteiger partial charge in [-0.2, -0.15) is 9.78 Å². The van der Waals surface area contributed by atoms with E-state index in [1.54, 1.807) is 11.8 Å². The van der Waals surface area contributed by atoms with E-state index in [0.717, 1.165) is 43.8 Å². The van der Waals surface area contributed by atoms with Crippen LogP contribution in [0.3, 0.4) is 0 Å². The average molecular weight is 415 g/mol. The molecular weight excluding hydrogens is 400 g/mol. The number of rotatable bonds is 4. The normalized spacial score (nSPS) is 13.3. The molecule has 5 nitrogen and oxygen atoms in total. The molecule has 2 aromatic carbocycles. The van der Waals surface area contributed by atoms with Crippen molar-refractivity contribution in [2.45, 2.75) is 12.1 Å². The number of ether oxygens (including phenoxy) is 1. The number of benzene rings is 2. The first kappa shape index (κ1) is 16.4. The van der Waals surface area contributed by atoms with Gasteiger partial charge in [-0.25, -0.2) is 0 Å². The van der Waals surface area contributed by atoms with Gasteiger partial charge in [0, 0.05) is 15.8 Å². The van der Waals surface area contributed by atoms with E-state index in [1.165, 1.54) is 0 Å². The highest BCUT2D eigenvalue weighted by atomic mass is 79.9. The van der Waals surface area contributed by atoms with E-state index in [4.69, 9.17) is 9.84 Å². The zero-order chi connectivity index (χ0) is 17.2. The van der Waals surface area contributed by atoms with Gasteiger partial charge in [0.25, 0.3) is 0 Å². The lowest BCUT2D eigenvalue weighted by Gasteiger charge is -2.14. The monoisotopic (exact) mass is 414 g/mol. The molecule has 3 aromatic rings. The van der Waals surface area contributed by atoms with Gasteiger partial charge in [-0.05, 0) is 48.9 Å². The maximum atomic E-state index is 5.50. The highest BCUT2D eigenvalue weighted by Gasteiger charge is 2.20. The molecule has 1 aliphatic rings. The Morgan fingerprint density at radius 2 is 1.76 bits per heavy atom. The van der Waals surface area contributed by atoms with Crippen LogP contribution in [0, 0.1) is 0 Å². The summed E-state index contributed by atoms with van der Waals surface area (Å²) in [6.07, 6.45) is 0. The third-order valence-electron chi connectivity index (χ3n) is 3.77. The molecule has 0 bridgehead atoms. The van der Waals surface area contributed by atoms with Gasteiger partial charge in [-0.15, -0.1) is 10.2 Å². The van der Waals surface area contributed by atoms with E-state index in [1.807, 2.05) is 60.1 Å². The van der Waals surface area contributed by atoms with Gasteiger partial charge in [0.05, 0.1) is 12.3 Å². The fourth-order valence-electron chi connectivity index (χ4n) is 2.56. The van der Waals surface area contributed by atoms with Crippen LogP contribution >= 0.6 is 27.7 Å². The van der Waals surface area contributed by atoms with Crippen LogP contribution in [0.15, 0.2) is 63.3 Å². The largest absolute Gasteiger partial charge is 0.494 e. The molecule has 2 heterocycles. The molecule has 0 radical (unpaired) electrons. The predicted molar refractivity (Wildman–Crippen MR) is 103 cm³/mol. The summed E-state index contributed by atoms with van der Waals surface area (Å²) in [5.41, 5.74) is 3.06. The van der Waals surface area contributed by atoms with Gasteiger partial charge >= 0.3 is 0 Å². The Morgan fingerprint density at radius 3 is 2.48 bits per heavy atom. The summed E-state index contributed by atoms with van der Waals surface area (Å²) in [4.78, 5) is 0. The number of nitrogens with zero attached hydrogens (tertiary/aromatic N) is 4. The predicted octanol–water partition coefficient (Wildman–Crippen LogP) is 4.46. The molecule has 1 aliphatic heterocycles. The van der Waals surface area contributed by atoms with Crippen LogP contribution in [0.1, 0.15) is 12.5 Å². The van der Waals surface area contributed by atoms with Gasteiger partial charge in [-0.1, -0.05) is 39.8 Å². The second kappa shape index (κ2) is 7.01. The first-order valence-electron chi connectivity index (χ1n) is 7.90. The molecule has 0 aliphatic carbocycles. The third kappa shape index (κ3) is 3.34. The lowest BCUT2D eigenvalue weighted by Crippen LogP contribution is -2.13. The maximum Gasteiger partial charge on any atom is 0.212 e. The minimum atomic E-state index is 0.663. The van der Waals surface area contributed by atoms with Crippen LogP contribution in [0.5, 0.6) is 5.75 Å². The Kier molecular flexibility index (Phi) is 4.59. The van der Waals surface area contributed by atoms with E-state index in [-0.39, 0.29) is 0 Å². The van der Waals surface area contributed by atoms with Crippen molar-refractivity contribution >= 4 is 33.4 Å². The van der Waals surface area contributed by atoms with Crippen molar-refractivity contribution in [1.82, 2.24) is 14.9 Å². The van der Waals surface area contributed by atoms with Crippen molar-refractivity contribution in [3.8, 4) is 17.1 Å². The first-order valence-corrected chi connectivity index (χ1v) is 9.67. The van der Waals surface area contributed by atoms with Crippen LogP contribution in [0.4, 0.5) is 0 Å². The standard InChI is InChI=1S/C18H15BrN4OS/c1-2-24-15-9-5-12(6-10-15)16-11-25-18-21-20-17(23(18)22-16)13-3-7-14(19)8-4-13/h3-10H,2,11H2,1H3. The van der Waals surface area contributed by atoms with Crippen molar-refractivity contribution in [3.05, 3.63) is 58.6 Å². The SMILES string of the molecule is CCOc1ccc(C2=Nn3c(nnc3-c3ccc(Br)cc3)SC2)cc1. The third-order valence-corrected chi connectivity index (χ3v) is 5.23.